The lowest BCUT2D eigenvalue weighted by Crippen LogP contribution is -2.06. The van der Waals surface area contributed by atoms with E-state index in [9.17, 15) is 8.78 Å². The maximum absolute atomic E-state index is 12.3. The van der Waals surface area contributed by atoms with Gasteiger partial charge in [0.15, 0.2) is 0 Å². The molecule has 28 heavy (non-hydrogen) atoms. The van der Waals surface area contributed by atoms with Crippen LogP contribution in [0.3, 0.4) is 0 Å². The summed E-state index contributed by atoms with van der Waals surface area (Å²) in [4.78, 5) is 9.00. The van der Waals surface area contributed by atoms with Crippen LogP contribution in [0.15, 0.2) is 65.7 Å². The predicted octanol–water partition coefficient (Wildman–Crippen LogP) is 4.90. The summed E-state index contributed by atoms with van der Waals surface area (Å²) in [6.45, 7) is -1.80. The maximum Gasteiger partial charge on any atom is 0.387 e. The quantitative estimate of drug-likeness (QED) is 0.611. The SMILES string of the molecule is FC(F)Oc1cccc(COc2ccc(-c3ccc4c(n3)CCN=C4)cc2)c1. The molecule has 2 heterocycles. The van der Waals surface area contributed by atoms with Crippen LogP contribution in [-0.2, 0) is 13.0 Å². The number of fused-ring (bicyclic) bond motifs is 1. The van der Waals surface area contributed by atoms with E-state index in [0.29, 0.717) is 5.75 Å². The molecule has 0 spiro atoms. The zero-order valence-corrected chi connectivity index (χ0v) is 15.0. The molecular weight excluding hydrogens is 362 g/mol. The third-order valence-corrected chi connectivity index (χ3v) is 4.40. The largest absolute Gasteiger partial charge is 0.489 e. The first-order valence-corrected chi connectivity index (χ1v) is 8.94. The lowest BCUT2D eigenvalue weighted by molar-refractivity contribution is -0.0499. The van der Waals surface area contributed by atoms with Crippen LogP contribution in [0.1, 0.15) is 16.8 Å². The Labute approximate surface area is 161 Å². The maximum atomic E-state index is 12.3. The lowest BCUT2D eigenvalue weighted by Gasteiger charge is -2.12. The molecule has 142 valence electrons. The second kappa shape index (κ2) is 8.17. The van der Waals surface area contributed by atoms with E-state index in [1.807, 2.05) is 42.6 Å². The molecule has 0 bridgehead atoms. The minimum absolute atomic E-state index is 0.120. The van der Waals surface area contributed by atoms with E-state index in [-0.39, 0.29) is 12.4 Å². The summed E-state index contributed by atoms with van der Waals surface area (Å²) in [5, 5.41) is 0. The number of aliphatic imine (C=N–C) groups is 1. The van der Waals surface area contributed by atoms with Gasteiger partial charge in [-0.3, -0.25) is 9.98 Å². The van der Waals surface area contributed by atoms with Crippen molar-refractivity contribution in [3.05, 3.63) is 77.5 Å². The van der Waals surface area contributed by atoms with E-state index in [0.717, 1.165) is 41.0 Å². The molecule has 3 aromatic rings. The molecular formula is C22H18F2N2O2. The Morgan fingerprint density at radius 1 is 0.964 bits per heavy atom. The lowest BCUT2D eigenvalue weighted by atomic mass is 10.1. The first kappa shape index (κ1) is 18.1. The average molecular weight is 380 g/mol. The van der Waals surface area contributed by atoms with Gasteiger partial charge < -0.3 is 9.47 Å². The van der Waals surface area contributed by atoms with Crippen molar-refractivity contribution in [2.45, 2.75) is 19.6 Å². The summed E-state index contributed by atoms with van der Waals surface area (Å²) < 4.78 is 34.8. The number of nitrogens with zero attached hydrogens (tertiary/aromatic N) is 2. The van der Waals surface area contributed by atoms with Gasteiger partial charge in [0.05, 0.1) is 11.4 Å². The zero-order chi connectivity index (χ0) is 19.3. The van der Waals surface area contributed by atoms with Gasteiger partial charge in [-0.05, 0) is 54.1 Å². The zero-order valence-electron chi connectivity index (χ0n) is 15.0. The van der Waals surface area contributed by atoms with Crippen molar-refractivity contribution in [2.75, 3.05) is 6.54 Å². The van der Waals surface area contributed by atoms with Crippen LogP contribution in [0.2, 0.25) is 0 Å². The van der Waals surface area contributed by atoms with E-state index in [1.165, 1.54) is 6.07 Å². The summed E-state index contributed by atoms with van der Waals surface area (Å²) in [7, 11) is 0. The normalized spacial score (nSPS) is 12.7. The van der Waals surface area contributed by atoms with Crippen molar-refractivity contribution in [2.24, 2.45) is 4.99 Å². The van der Waals surface area contributed by atoms with Crippen LogP contribution < -0.4 is 9.47 Å². The number of aromatic nitrogens is 1. The molecule has 0 saturated heterocycles. The monoisotopic (exact) mass is 380 g/mol. The van der Waals surface area contributed by atoms with Crippen molar-refractivity contribution >= 4 is 6.21 Å². The number of hydrogen-bond donors (Lipinski definition) is 0. The Morgan fingerprint density at radius 2 is 1.82 bits per heavy atom. The molecule has 4 rings (SSSR count). The summed E-state index contributed by atoms with van der Waals surface area (Å²) in [6.07, 6.45) is 2.73. The molecule has 4 nitrogen and oxygen atoms in total. The molecule has 0 amide bonds. The number of alkyl halides is 2. The number of rotatable bonds is 6. The van der Waals surface area contributed by atoms with Crippen LogP contribution in [0.25, 0.3) is 11.3 Å². The molecule has 0 radical (unpaired) electrons. The molecule has 0 unspecified atom stereocenters. The van der Waals surface area contributed by atoms with E-state index in [2.05, 4.69) is 9.73 Å². The molecule has 0 aliphatic carbocycles. The number of pyridine rings is 1. The van der Waals surface area contributed by atoms with Crippen LogP contribution in [-0.4, -0.2) is 24.4 Å². The fourth-order valence-corrected chi connectivity index (χ4v) is 3.02. The van der Waals surface area contributed by atoms with Crippen molar-refractivity contribution in [3.8, 4) is 22.8 Å². The highest BCUT2D eigenvalue weighted by atomic mass is 19.3. The van der Waals surface area contributed by atoms with Gasteiger partial charge in [-0.2, -0.15) is 8.78 Å². The average Bonchev–Trinajstić information content (AvgIpc) is 2.72. The van der Waals surface area contributed by atoms with Crippen molar-refractivity contribution in [1.29, 1.82) is 0 Å². The topological polar surface area (TPSA) is 43.7 Å². The number of hydrogen-bond acceptors (Lipinski definition) is 4. The summed E-state index contributed by atoms with van der Waals surface area (Å²) in [5.41, 5.74) is 4.81. The van der Waals surface area contributed by atoms with Gasteiger partial charge in [0.25, 0.3) is 0 Å². The number of benzene rings is 2. The minimum Gasteiger partial charge on any atom is -0.489 e. The Bertz CT molecular complexity index is 988. The predicted molar refractivity (Wildman–Crippen MR) is 103 cm³/mol. The van der Waals surface area contributed by atoms with Gasteiger partial charge in [0.1, 0.15) is 18.1 Å². The van der Waals surface area contributed by atoms with Gasteiger partial charge in [-0.15, -0.1) is 0 Å². The second-order valence-corrected chi connectivity index (χ2v) is 6.36. The van der Waals surface area contributed by atoms with Gasteiger partial charge in [-0.1, -0.05) is 12.1 Å². The van der Waals surface area contributed by atoms with E-state index in [4.69, 9.17) is 9.72 Å². The van der Waals surface area contributed by atoms with Crippen molar-refractivity contribution < 1.29 is 18.3 Å². The highest BCUT2D eigenvalue weighted by Gasteiger charge is 2.09. The first-order chi connectivity index (χ1) is 13.7. The van der Waals surface area contributed by atoms with E-state index in [1.54, 1.807) is 18.2 Å². The van der Waals surface area contributed by atoms with E-state index < -0.39 is 6.61 Å². The fourth-order valence-electron chi connectivity index (χ4n) is 3.02. The van der Waals surface area contributed by atoms with Crippen LogP contribution in [0.4, 0.5) is 8.78 Å². The third kappa shape index (κ3) is 4.34. The molecule has 1 aliphatic heterocycles. The minimum atomic E-state index is -2.84. The Hall–Kier alpha value is -3.28. The first-order valence-electron chi connectivity index (χ1n) is 8.94. The summed E-state index contributed by atoms with van der Waals surface area (Å²) in [5.74, 6) is 0.809. The van der Waals surface area contributed by atoms with Crippen molar-refractivity contribution in [3.63, 3.8) is 0 Å². The van der Waals surface area contributed by atoms with E-state index >= 15 is 0 Å². The molecule has 0 N–H and O–H groups in total. The van der Waals surface area contributed by atoms with Gasteiger partial charge in [0, 0.05) is 30.3 Å². The Morgan fingerprint density at radius 3 is 2.64 bits per heavy atom. The van der Waals surface area contributed by atoms with Crippen molar-refractivity contribution in [1.82, 2.24) is 4.98 Å². The van der Waals surface area contributed by atoms with Crippen LogP contribution in [0, 0.1) is 0 Å². The van der Waals surface area contributed by atoms with Gasteiger partial charge in [-0.25, -0.2) is 0 Å². The summed E-state index contributed by atoms with van der Waals surface area (Å²) >= 11 is 0. The molecule has 1 aromatic heterocycles. The fraction of sp³-hybridized carbons (Fsp3) is 0.182. The highest BCUT2D eigenvalue weighted by Crippen LogP contribution is 2.24. The molecule has 0 atom stereocenters. The third-order valence-electron chi connectivity index (χ3n) is 4.40. The smallest absolute Gasteiger partial charge is 0.387 e. The standard InChI is InChI=1S/C22H18F2N2O2/c23-22(24)28-19-3-1-2-15(12-19)14-27-18-7-4-16(5-8-18)20-9-6-17-13-25-11-10-21(17)26-20/h1-9,12-13,22H,10-11,14H2. The van der Waals surface area contributed by atoms with Gasteiger partial charge >= 0.3 is 6.61 Å². The number of ether oxygens (including phenoxy) is 2. The molecule has 2 aromatic carbocycles. The molecule has 6 heteroatoms. The Balaban J connectivity index is 1.42. The van der Waals surface area contributed by atoms with Crippen LogP contribution in [0.5, 0.6) is 11.5 Å². The second-order valence-electron chi connectivity index (χ2n) is 6.36. The Kier molecular flexibility index (Phi) is 5.28. The highest BCUT2D eigenvalue weighted by molar-refractivity contribution is 5.82. The summed E-state index contributed by atoms with van der Waals surface area (Å²) in [6, 6.07) is 18.2. The van der Waals surface area contributed by atoms with Crippen LogP contribution >= 0.6 is 0 Å². The number of halogens is 2. The molecule has 0 fully saturated rings. The molecule has 1 aliphatic rings. The molecule has 0 saturated carbocycles. The van der Waals surface area contributed by atoms with Gasteiger partial charge in [0.2, 0.25) is 0 Å².